The maximum Gasteiger partial charge on any atom is 0.326 e. The monoisotopic (exact) mass is 302 g/mol. The second-order valence-corrected chi connectivity index (χ2v) is 4.98. The second kappa shape index (κ2) is 8.46. The Kier molecular flexibility index (Phi) is 6.93. The zero-order valence-electron chi connectivity index (χ0n) is 12.1. The van der Waals surface area contributed by atoms with Crippen LogP contribution in [0.4, 0.5) is 4.79 Å². The maximum absolute atomic E-state index is 12.2. The molecule has 1 aliphatic carbocycles. The number of methoxy groups -OCH3 is 1. The molecule has 0 saturated heterocycles. The highest BCUT2D eigenvalue weighted by Crippen LogP contribution is 2.23. The van der Waals surface area contributed by atoms with E-state index in [0.717, 1.165) is 32.8 Å². The van der Waals surface area contributed by atoms with Gasteiger partial charge in [-0.15, -0.1) is 0 Å². The number of hydrogen-bond donors (Lipinski definition) is 3. The van der Waals surface area contributed by atoms with E-state index in [-0.39, 0.29) is 19.2 Å². The third kappa shape index (κ3) is 5.22. The van der Waals surface area contributed by atoms with E-state index in [1.807, 2.05) is 0 Å². The van der Waals surface area contributed by atoms with Gasteiger partial charge in [0.1, 0.15) is 6.04 Å². The molecule has 0 unspecified atom stereocenters. The molecule has 0 aromatic heterocycles. The van der Waals surface area contributed by atoms with E-state index in [9.17, 15) is 14.4 Å². The largest absolute Gasteiger partial charge is 0.480 e. The fraction of sp³-hybridized carbons (Fsp3) is 0.769. The van der Waals surface area contributed by atoms with Gasteiger partial charge in [-0.3, -0.25) is 4.79 Å². The summed E-state index contributed by atoms with van der Waals surface area (Å²) in [6, 6.07) is -1.91. The van der Waals surface area contributed by atoms with Crippen LogP contribution in [0.25, 0.3) is 0 Å². The number of rotatable bonds is 7. The number of nitrogens with zero attached hydrogens (tertiary/aromatic N) is 1. The van der Waals surface area contributed by atoms with Crippen molar-refractivity contribution in [3.63, 3.8) is 0 Å². The summed E-state index contributed by atoms with van der Waals surface area (Å²) in [7, 11) is 1.15. The summed E-state index contributed by atoms with van der Waals surface area (Å²) in [5.74, 6) is -2.01. The molecule has 0 aliphatic heterocycles. The molecule has 0 spiro atoms. The lowest BCUT2D eigenvalue weighted by atomic mass is 10.2. The normalized spacial score (nSPS) is 16.3. The van der Waals surface area contributed by atoms with Crippen molar-refractivity contribution in [1.82, 2.24) is 10.2 Å². The minimum atomic E-state index is -1.34. The average Bonchev–Trinajstić information content (AvgIpc) is 2.97. The number of carbonyl (C=O) groups is 3. The summed E-state index contributed by atoms with van der Waals surface area (Å²) in [6.45, 7) is -0.0558. The predicted octanol–water partition coefficient (Wildman–Crippen LogP) is -0.0508. The quantitative estimate of drug-likeness (QED) is 0.568. The van der Waals surface area contributed by atoms with E-state index in [1.54, 1.807) is 0 Å². The maximum atomic E-state index is 12.2. The van der Waals surface area contributed by atoms with Crippen molar-refractivity contribution in [2.45, 2.75) is 44.2 Å². The predicted molar refractivity (Wildman–Crippen MR) is 72.6 cm³/mol. The zero-order valence-corrected chi connectivity index (χ0v) is 12.1. The topological polar surface area (TPSA) is 116 Å². The van der Waals surface area contributed by atoms with E-state index in [2.05, 4.69) is 10.1 Å². The Labute approximate surface area is 123 Å². The minimum Gasteiger partial charge on any atom is -0.480 e. The number of hydrogen-bond acceptors (Lipinski definition) is 5. The van der Waals surface area contributed by atoms with Gasteiger partial charge in [-0.1, -0.05) is 12.8 Å². The molecule has 1 saturated carbocycles. The Balaban J connectivity index is 2.67. The van der Waals surface area contributed by atoms with Crippen LogP contribution in [0, 0.1) is 0 Å². The van der Waals surface area contributed by atoms with Gasteiger partial charge < -0.3 is 25.2 Å². The van der Waals surface area contributed by atoms with Gasteiger partial charge in [-0.2, -0.15) is 0 Å². The van der Waals surface area contributed by atoms with Crippen LogP contribution in [0.1, 0.15) is 32.1 Å². The molecule has 2 amide bonds. The molecular formula is C13H22N2O6. The van der Waals surface area contributed by atoms with Crippen LogP contribution in [0.5, 0.6) is 0 Å². The highest BCUT2D eigenvalue weighted by molar-refractivity contribution is 5.86. The Morgan fingerprint density at radius 3 is 2.43 bits per heavy atom. The fourth-order valence-electron chi connectivity index (χ4n) is 2.46. The third-order valence-corrected chi connectivity index (χ3v) is 3.56. The first kappa shape index (κ1) is 17.2. The molecule has 8 heteroatoms. The molecule has 0 heterocycles. The Morgan fingerprint density at radius 2 is 1.95 bits per heavy atom. The molecule has 1 fully saturated rings. The number of carbonyl (C=O) groups excluding carboxylic acids is 2. The molecule has 3 N–H and O–H groups in total. The van der Waals surface area contributed by atoms with E-state index < -0.39 is 30.4 Å². The number of aliphatic hydroxyl groups excluding tert-OH is 1. The Hall–Kier alpha value is -1.83. The van der Waals surface area contributed by atoms with Gasteiger partial charge in [0, 0.05) is 12.6 Å². The van der Waals surface area contributed by atoms with Gasteiger partial charge in [-0.05, 0) is 12.8 Å². The molecule has 0 radical (unpaired) electrons. The summed E-state index contributed by atoms with van der Waals surface area (Å²) in [5, 5.41) is 20.4. The van der Waals surface area contributed by atoms with Crippen LogP contribution in [-0.4, -0.2) is 65.4 Å². The van der Waals surface area contributed by atoms with Crippen LogP contribution in [0.3, 0.4) is 0 Å². The molecule has 120 valence electrons. The van der Waals surface area contributed by atoms with Crippen molar-refractivity contribution in [3.8, 4) is 0 Å². The molecule has 8 nitrogen and oxygen atoms in total. The molecule has 21 heavy (non-hydrogen) atoms. The van der Waals surface area contributed by atoms with E-state index in [4.69, 9.17) is 10.2 Å². The SMILES string of the molecule is COC(=O)C[C@H](NC(=O)N(CCO)C1CCCC1)C(=O)O. The number of ether oxygens (including phenoxy) is 1. The Bertz CT molecular complexity index is 381. The first-order valence-electron chi connectivity index (χ1n) is 6.97. The van der Waals surface area contributed by atoms with Gasteiger partial charge >= 0.3 is 18.0 Å². The first-order valence-corrected chi connectivity index (χ1v) is 6.97. The number of amides is 2. The lowest BCUT2D eigenvalue weighted by Crippen LogP contribution is -2.52. The molecule has 1 aliphatic rings. The first-order chi connectivity index (χ1) is 9.99. The number of carboxylic acid groups (broad SMARTS) is 1. The van der Waals surface area contributed by atoms with Gasteiger partial charge in [0.25, 0.3) is 0 Å². The molecular weight excluding hydrogens is 280 g/mol. The van der Waals surface area contributed by atoms with Gasteiger partial charge in [-0.25, -0.2) is 9.59 Å². The van der Waals surface area contributed by atoms with Crippen LogP contribution >= 0.6 is 0 Å². The highest BCUT2D eigenvalue weighted by atomic mass is 16.5. The van der Waals surface area contributed by atoms with Crippen molar-refractivity contribution in [3.05, 3.63) is 0 Å². The number of urea groups is 1. The number of aliphatic carboxylic acids is 1. The van der Waals surface area contributed by atoms with Crippen molar-refractivity contribution in [2.75, 3.05) is 20.3 Å². The Morgan fingerprint density at radius 1 is 1.33 bits per heavy atom. The third-order valence-electron chi connectivity index (χ3n) is 3.56. The highest BCUT2D eigenvalue weighted by Gasteiger charge is 2.30. The molecule has 1 rings (SSSR count). The van der Waals surface area contributed by atoms with E-state index in [0.29, 0.717) is 0 Å². The summed E-state index contributed by atoms with van der Waals surface area (Å²) < 4.78 is 4.41. The van der Waals surface area contributed by atoms with Crippen LogP contribution in [0.2, 0.25) is 0 Å². The molecule has 0 aromatic rings. The molecule has 0 aromatic carbocycles. The second-order valence-electron chi connectivity index (χ2n) is 4.98. The number of nitrogens with one attached hydrogen (secondary N) is 1. The lowest BCUT2D eigenvalue weighted by molar-refractivity contribution is -0.147. The zero-order chi connectivity index (χ0) is 15.8. The van der Waals surface area contributed by atoms with Gasteiger partial charge in [0.15, 0.2) is 0 Å². The molecule has 1 atom stereocenters. The molecule has 0 bridgehead atoms. The lowest BCUT2D eigenvalue weighted by Gasteiger charge is -2.29. The summed E-state index contributed by atoms with van der Waals surface area (Å²) in [6.07, 6.45) is 3.24. The van der Waals surface area contributed by atoms with Crippen molar-refractivity contribution in [2.24, 2.45) is 0 Å². The summed E-state index contributed by atoms with van der Waals surface area (Å²) in [4.78, 5) is 35.9. The van der Waals surface area contributed by atoms with Crippen LogP contribution in [0.15, 0.2) is 0 Å². The summed E-state index contributed by atoms with van der Waals surface area (Å²) >= 11 is 0. The van der Waals surface area contributed by atoms with Crippen molar-refractivity contribution < 1.29 is 29.3 Å². The van der Waals surface area contributed by atoms with Crippen LogP contribution < -0.4 is 5.32 Å². The van der Waals surface area contributed by atoms with Crippen molar-refractivity contribution >= 4 is 18.0 Å². The standard InChI is InChI=1S/C13H22N2O6/c1-21-11(17)8-10(12(18)19)14-13(20)15(6-7-16)9-4-2-3-5-9/h9-10,16H,2-8H2,1H3,(H,14,20)(H,18,19)/t10-/m0/s1. The van der Waals surface area contributed by atoms with E-state index in [1.165, 1.54) is 4.90 Å². The van der Waals surface area contributed by atoms with Crippen molar-refractivity contribution in [1.29, 1.82) is 0 Å². The van der Waals surface area contributed by atoms with Gasteiger partial charge in [0.05, 0.1) is 20.1 Å². The minimum absolute atomic E-state index is 0.00437. The van der Waals surface area contributed by atoms with Gasteiger partial charge in [0.2, 0.25) is 0 Å². The average molecular weight is 302 g/mol. The number of carboxylic acids is 1. The number of esters is 1. The fourth-order valence-corrected chi connectivity index (χ4v) is 2.46. The summed E-state index contributed by atoms with van der Waals surface area (Å²) in [5.41, 5.74) is 0. The van der Waals surface area contributed by atoms with E-state index >= 15 is 0 Å². The van der Waals surface area contributed by atoms with Crippen LogP contribution in [-0.2, 0) is 14.3 Å². The smallest absolute Gasteiger partial charge is 0.326 e. The number of aliphatic hydroxyl groups is 1.